The summed E-state index contributed by atoms with van der Waals surface area (Å²) in [6.07, 6.45) is 1.93. The van der Waals surface area contributed by atoms with E-state index in [1.54, 1.807) is 35.7 Å². The predicted octanol–water partition coefficient (Wildman–Crippen LogP) is 6.07. The van der Waals surface area contributed by atoms with Crippen molar-refractivity contribution in [3.8, 4) is 11.5 Å². The Morgan fingerprint density at radius 2 is 1.88 bits per heavy atom. The summed E-state index contributed by atoms with van der Waals surface area (Å²) >= 11 is 13.6. The number of hydrogen-bond acceptors (Lipinski definition) is 6. The molecule has 2 heterocycles. The van der Waals surface area contributed by atoms with Crippen molar-refractivity contribution in [3.63, 3.8) is 0 Å². The first-order valence-corrected chi connectivity index (χ1v) is 12.3. The van der Waals surface area contributed by atoms with Crippen LogP contribution in [-0.4, -0.2) is 48.5 Å². The van der Waals surface area contributed by atoms with E-state index in [9.17, 15) is 9.59 Å². The second-order valence-electron chi connectivity index (χ2n) is 7.81. The number of ether oxygens (including phenoxy) is 2. The molecule has 0 spiro atoms. The molecule has 0 N–H and O–H groups in total. The Balaban J connectivity index is 1.78. The van der Waals surface area contributed by atoms with Crippen LogP contribution in [0.25, 0.3) is 0 Å². The molecule has 1 aliphatic heterocycles. The van der Waals surface area contributed by atoms with Crippen LogP contribution in [0.15, 0.2) is 41.8 Å². The van der Waals surface area contributed by atoms with Gasteiger partial charge >= 0.3 is 0 Å². The lowest BCUT2D eigenvalue weighted by Gasteiger charge is -2.22. The molecule has 3 aromatic rings. The Morgan fingerprint density at radius 3 is 2.53 bits per heavy atom. The molecule has 1 saturated heterocycles. The number of carbonyl (C=O) groups excluding carboxylic acids is 2. The van der Waals surface area contributed by atoms with Crippen molar-refractivity contribution in [2.75, 3.05) is 25.7 Å². The van der Waals surface area contributed by atoms with Crippen molar-refractivity contribution in [1.82, 2.24) is 9.88 Å². The molecule has 34 heavy (non-hydrogen) atoms. The highest BCUT2D eigenvalue weighted by molar-refractivity contribution is 7.14. The average molecular weight is 520 g/mol. The van der Waals surface area contributed by atoms with Crippen LogP contribution in [0.2, 0.25) is 10.0 Å². The maximum Gasteiger partial charge on any atom is 0.273 e. The van der Waals surface area contributed by atoms with Gasteiger partial charge in [0.2, 0.25) is 0 Å². The molecule has 0 bridgehead atoms. The summed E-state index contributed by atoms with van der Waals surface area (Å²) in [6, 6.07) is 9.92. The minimum Gasteiger partial charge on any atom is -0.493 e. The van der Waals surface area contributed by atoms with Crippen molar-refractivity contribution in [2.45, 2.75) is 25.8 Å². The van der Waals surface area contributed by atoms with E-state index in [1.165, 1.54) is 36.5 Å². The first-order chi connectivity index (χ1) is 16.3. The van der Waals surface area contributed by atoms with E-state index < -0.39 is 5.91 Å². The van der Waals surface area contributed by atoms with Gasteiger partial charge in [-0.2, -0.15) is 0 Å². The summed E-state index contributed by atoms with van der Waals surface area (Å²) in [4.78, 5) is 34.5. The number of carbonyl (C=O) groups is 2. The van der Waals surface area contributed by atoms with Crippen LogP contribution in [-0.2, 0) is 0 Å². The summed E-state index contributed by atoms with van der Waals surface area (Å²) < 4.78 is 10.8. The highest BCUT2D eigenvalue weighted by Gasteiger charge is 2.30. The maximum absolute atomic E-state index is 13.7. The number of amides is 2. The Labute approximate surface area is 211 Å². The number of rotatable bonds is 6. The lowest BCUT2D eigenvalue weighted by Crippen LogP contribution is -2.34. The smallest absolute Gasteiger partial charge is 0.273 e. The minimum atomic E-state index is -0.420. The third kappa shape index (κ3) is 4.71. The van der Waals surface area contributed by atoms with Crippen molar-refractivity contribution < 1.29 is 19.1 Å². The van der Waals surface area contributed by atoms with Crippen molar-refractivity contribution in [2.24, 2.45) is 0 Å². The number of anilines is 2. The van der Waals surface area contributed by atoms with Gasteiger partial charge in [-0.15, -0.1) is 11.3 Å². The van der Waals surface area contributed by atoms with Gasteiger partial charge in [-0.05, 0) is 50.1 Å². The fourth-order valence-corrected chi connectivity index (χ4v) is 5.21. The topological polar surface area (TPSA) is 72.0 Å². The maximum atomic E-state index is 13.7. The zero-order valence-electron chi connectivity index (χ0n) is 18.9. The van der Waals surface area contributed by atoms with Gasteiger partial charge in [0.15, 0.2) is 16.6 Å². The van der Waals surface area contributed by atoms with Gasteiger partial charge in [0.05, 0.1) is 30.5 Å². The highest BCUT2D eigenvalue weighted by atomic mass is 35.5. The summed E-state index contributed by atoms with van der Waals surface area (Å²) in [6.45, 7) is 2.73. The third-order valence-corrected chi connectivity index (χ3v) is 7.08. The number of likely N-dealkylation sites (tertiary alicyclic amines) is 1. The van der Waals surface area contributed by atoms with Crippen LogP contribution in [0.3, 0.4) is 0 Å². The molecular weight excluding hydrogens is 497 g/mol. The number of nitrogens with zero attached hydrogens (tertiary/aromatic N) is 3. The highest BCUT2D eigenvalue weighted by Crippen LogP contribution is 2.38. The zero-order valence-corrected chi connectivity index (χ0v) is 21.2. The molecular formula is C24H23Cl2N3O4S. The van der Waals surface area contributed by atoms with Crippen molar-refractivity contribution in [3.05, 3.63) is 63.1 Å². The molecule has 1 fully saturated rings. The van der Waals surface area contributed by atoms with Gasteiger partial charge in [0.25, 0.3) is 11.8 Å². The lowest BCUT2D eigenvalue weighted by molar-refractivity contribution is 0.0742. The van der Waals surface area contributed by atoms with Gasteiger partial charge in [-0.3, -0.25) is 14.5 Å². The van der Waals surface area contributed by atoms with Crippen LogP contribution in [0.1, 0.15) is 40.6 Å². The molecule has 0 saturated carbocycles. The molecule has 10 heteroatoms. The second kappa shape index (κ2) is 10.2. The normalized spacial score (nSPS) is 15.3. The van der Waals surface area contributed by atoms with Crippen LogP contribution in [0.4, 0.5) is 10.8 Å². The SMILES string of the molecule is COc1ccc(N(C(=O)c2ccc(Cl)cc2Cl)c2nc(C(=O)N3CCCC3C)cs2)cc1OC. The van der Waals surface area contributed by atoms with E-state index in [1.807, 2.05) is 11.8 Å². The number of benzene rings is 2. The van der Waals surface area contributed by atoms with Crippen LogP contribution in [0.5, 0.6) is 11.5 Å². The van der Waals surface area contributed by atoms with E-state index in [0.717, 1.165) is 12.8 Å². The minimum absolute atomic E-state index is 0.142. The molecule has 2 amide bonds. The molecule has 1 unspecified atom stereocenters. The largest absolute Gasteiger partial charge is 0.493 e. The predicted molar refractivity (Wildman–Crippen MR) is 134 cm³/mol. The molecule has 7 nitrogen and oxygen atoms in total. The summed E-state index contributed by atoms with van der Waals surface area (Å²) in [7, 11) is 3.05. The molecule has 0 aliphatic carbocycles. The van der Waals surface area contributed by atoms with Gasteiger partial charge in [0, 0.05) is 29.1 Å². The number of thiazole rings is 1. The molecule has 1 aromatic heterocycles. The van der Waals surface area contributed by atoms with Crippen molar-refractivity contribution >= 4 is 57.2 Å². The Morgan fingerprint density at radius 1 is 1.12 bits per heavy atom. The number of methoxy groups -OCH3 is 2. The fraction of sp³-hybridized carbons (Fsp3) is 0.292. The lowest BCUT2D eigenvalue weighted by atomic mass is 10.1. The Bertz CT molecular complexity index is 1230. The van der Waals surface area contributed by atoms with E-state index in [2.05, 4.69) is 4.98 Å². The number of halogens is 2. The van der Waals surface area contributed by atoms with E-state index in [-0.39, 0.29) is 22.5 Å². The standard InChI is InChI=1S/C24H23Cl2N3O4S/c1-14-5-4-10-28(14)23(31)19-13-34-24(27-19)29(16-7-9-20(32-2)21(12-16)33-3)22(30)17-8-6-15(25)11-18(17)26/h6-9,11-14H,4-5,10H2,1-3H3. The molecule has 1 aliphatic rings. The van der Waals surface area contributed by atoms with Gasteiger partial charge < -0.3 is 14.4 Å². The molecule has 0 radical (unpaired) electrons. The third-order valence-electron chi connectivity index (χ3n) is 5.71. The van der Waals surface area contributed by atoms with Crippen LogP contribution in [0, 0.1) is 0 Å². The first kappa shape index (κ1) is 24.3. The van der Waals surface area contributed by atoms with Gasteiger partial charge in [-0.1, -0.05) is 23.2 Å². The first-order valence-electron chi connectivity index (χ1n) is 10.6. The average Bonchev–Trinajstić information content (AvgIpc) is 3.48. The van der Waals surface area contributed by atoms with Crippen LogP contribution < -0.4 is 14.4 Å². The molecule has 1 atom stereocenters. The molecule has 2 aromatic carbocycles. The molecule has 178 valence electrons. The Hall–Kier alpha value is -2.81. The van der Waals surface area contributed by atoms with E-state index >= 15 is 0 Å². The zero-order chi connectivity index (χ0) is 24.4. The van der Waals surface area contributed by atoms with Crippen molar-refractivity contribution in [1.29, 1.82) is 0 Å². The quantitative estimate of drug-likeness (QED) is 0.395. The molecule has 4 rings (SSSR count). The number of aromatic nitrogens is 1. The summed E-state index contributed by atoms with van der Waals surface area (Å²) in [5, 5.41) is 2.63. The summed E-state index contributed by atoms with van der Waals surface area (Å²) in [5.74, 6) is 0.397. The summed E-state index contributed by atoms with van der Waals surface area (Å²) in [5.41, 5.74) is 1.03. The van der Waals surface area contributed by atoms with E-state index in [0.29, 0.717) is 39.6 Å². The van der Waals surface area contributed by atoms with Gasteiger partial charge in [-0.25, -0.2) is 4.98 Å². The monoisotopic (exact) mass is 519 g/mol. The van der Waals surface area contributed by atoms with E-state index in [4.69, 9.17) is 32.7 Å². The fourth-order valence-electron chi connectivity index (χ4n) is 3.91. The van der Waals surface area contributed by atoms with Gasteiger partial charge in [0.1, 0.15) is 5.69 Å². The second-order valence-corrected chi connectivity index (χ2v) is 9.49. The Kier molecular flexibility index (Phi) is 7.30. The van der Waals surface area contributed by atoms with Crippen LogP contribution >= 0.6 is 34.5 Å². The number of hydrogen-bond donors (Lipinski definition) is 0.